The van der Waals surface area contributed by atoms with Crippen LogP contribution in [0.15, 0.2) is 42.5 Å². The molecule has 0 aliphatic heterocycles. The van der Waals surface area contributed by atoms with Crippen molar-refractivity contribution in [1.29, 1.82) is 0 Å². The lowest BCUT2D eigenvalue weighted by molar-refractivity contribution is 0.102. The molecule has 104 valence electrons. The summed E-state index contributed by atoms with van der Waals surface area (Å²) in [7, 11) is 0. The minimum Gasteiger partial charge on any atom is -0.505 e. The van der Waals surface area contributed by atoms with Gasteiger partial charge in [0, 0.05) is 11.8 Å². The number of hydrogen-bond donors (Lipinski definition) is 2. The van der Waals surface area contributed by atoms with E-state index in [0.717, 1.165) is 6.07 Å². The first-order valence-corrected chi connectivity index (χ1v) is 6.13. The van der Waals surface area contributed by atoms with Crippen LogP contribution in [-0.4, -0.2) is 17.6 Å². The Kier molecular flexibility index (Phi) is 4.20. The molecule has 0 unspecified atom stereocenters. The van der Waals surface area contributed by atoms with Gasteiger partial charge < -0.3 is 15.2 Å². The maximum atomic E-state index is 13.2. The molecule has 0 spiro atoms. The van der Waals surface area contributed by atoms with Crippen LogP contribution < -0.4 is 10.1 Å². The van der Waals surface area contributed by atoms with Crippen LogP contribution in [0.4, 0.5) is 10.1 Å². The first kappa shape index (κ1) is 13.9. The lowest BCUT2D eigenvalue weighted by atomic mass is 10.2. The molecular formula is C15H14FNO3. The first-order valence-electron chi connectivity index (χ1n) is 6.13. The highest BCUT2D eigenvalue weighted by Crippen LogP contribution is 2.22. The summed E-state index contributed by atoms with van der Waals surface area (Å²) in [6.07, 6.45) is 0. The third-order valence-corrected chi connectivity index (χ3v) is 2.64. The van der Waals surface area contributed by atoms with Gasteiger partial charge in [0.2, 0.25) is 0 Å². The lowest BCUT2D eigenvalue weighted by Gasteiger charge is -2.10. The van der Waals surface area contributed by atoms with E-state index < -0.39 is 17.5 Å². The minimum atomic E-state index is -0.791. The summed E-state index contributed by atoms with van der Waals surface area (Å²) < 4.78 is 18.6. The van der Waals surface area contributed by atoms with Crippen molar-refractivity contribution in [3.63, 3.8) is 0 Å². The van der Waals surface area contributed by atoms with Crippen molar-refractivity contribution in [1.82, 2.24) is 0 Å². The maximum Gasteiger partial charge on any atom is 0.259 e. The van der Waals surface area contributed by atoms with E-state index in [-0.39, 0.29) is 5.69 Å². The van der Waals surface area contributed by atoms with Crippen molar-refractivity contribution in [2.75, 3.05) is 11.9 Å². The lowest BCUT2D eigenvalue weighted by Crippen LogP contribution is -2.13. The van der Waals surface area contributed by atoms with Crippen molar-refractivity contribution >= 4 is 11.6 Å². The standard InChI is InChI=1S/C15H14FNO3/c1-2-20-14-6-4-3-5-11(14)15(19)17-10-7-8-13(18)12(16)9-10/h3-9,18H,2H2,1H3,(H,17,19). The zero-order valence-corrected chi connectivity index (χ0v) is 10.9. The average Bonchev–Trinajstić information content (AvgIpc) is 2.44. The number of phenols is 1. The molecule has 2 N–H and O–H groups in total. The molecule has 0 fully saturated rings. The van der Waals surface area contributed by atoms with Gasteiger partial charge in [-0.1, -0.05) is 12.1 Å². The minimum absolute atomic E-state index is 0.261. The van der Waals surface area contributed by atoms with Crippen LogP contribution in [0.2, 0.25) is 0 Å². The fourth-order valence-electron chi connectivity index (χ4n) is 1.72. The molecule has 0 bridgehead atoms. The van der Waals surface area contributed by atoms with Gasteiger partial charge in [-0.25, -0.2) is 4.39 Å². The number of halogens is 1. The number of carbonyl (C=O) groups excluding carboxylic acids is 1. The third kappa shape index (κ3) is 3.06. The molecule has 0 saturated carbocycles. The molecule has 2 rings (SSSR count). The molecule has 0 radical (unpaired) electrons. The van der Waals surface area contributed by atoms with Crippen LogP contribution in [0.1, 0.15) is 17.3 Å². The summed E-state index contributed by atoms with van der Waals surface area (Å²) in [4.78, 5) is 12.1. The summed E-state index contributed by atoms with van der Waals surface area (Å²) in [5.41, 5.74) is 0.624. The van der Waals surface area contributed by atoms with Crippen LogP contribution >= 0.6 is 0 Å². The highest BCUT2D eigenvalue weighted by atomic mass is 19.1. The summed E-state index contributed by atoms with van der Waals surface area (Å²) in [5.74, 6) is -1.19. The molecule has 20 heavy (non-hydrogen) atoms. The average molecular weight is 275 g/mol. The first-order chi connectivity index (χ1) is 9.61. The van der Waals surface area contributed by atoms with Crippen molar-refractivity contribution in [2.24, 2.45) is 0 Å². The van der Waals surface area contributed by atoms with Crippen LogP contribution in [0.5, 0.6) is 11.5 Å². The van der Waals surface area contributed by atoms with Crippen molar-refractivity contribution in [3.8, 4) is 11.5 Å². The number of benzene rings is 2. The summed E-state index contributed by atoms with van der Waals surface area (Å²) in [5, 5.41) is 11.7. The molecule has 0 aliphatic carbocycles. The van der Waals surface area contributed by atoms with E-state index in [1.165, 1.54) is 12.1 Å². The number of ether oxygens (including phenoxy) is 1. The molecule has 0 atom stereocenters. The second kappa shape index (κ2) is 6.06. The second-order valence-corrected chi connectivity index (χ2v) is 4.05. The summed E-state index contributed by atoms with van der Waals surface area (Å²) >= 11 is 0. The summed E-state index contributed by atoms with van der Waals surface area (Å²) in [6, 6.07) is 10.4. The van der Waals surface area contributed by atoms with Gasteiger partial charge in [0.1, 0.15) is 5.75 Å². The number of nitrogens with one attached hydrogen (secondary N) is 1. The number of phenolic OH excluding ortho intramolecular Hbond substituents is 1. The number of para-hydroxylation sites is 1. The molecule has 4 nitrogen and oxygen atoms in total. The van der Waals surface area contributed by atoms with Crippen molar-refractivity contribution < 1.29 is 19.0 Å². The number of carbonyl (C=O) groups is 1. The predicted octanol–water partition coefficient (Wildman–Crippen LogP) is 3.18. The molecular weight excluding hydrogens is 261 g/mol. The van der Waals surface area contributed by atoms with Crippen LogP contribution in [0.25, 0.3) is 0 Å². The predicted molar refractivity (Wildman–Crippen MR) is 73.6 cm³/mol. The van der Waals surface area contributed by atoms with E-state index in [1.807, 2.05) is 6.92 Å². The molecule has 0 heterocycles. The third-order valence-electron chi connectivity index (χ3n) is 2.64. The Bertz CT molecular complexity index is 628. The van der Waals surface area contributed by atoms with E-state index in [4.69, 9.17) is 9.84 Å². The number of aromatic hydroxyl groups is 1. The number of amides is 1. The van der Waals surface area contributed by atoms with Crippen LogP contribution in [0.3, 0.4) is 0 Å². The quantitative estimate of drug-likeness (QED) is 0.842. The van der Waals surface area contributed by atoms with Gasteiger partial charge in [-0.2, -0.15) is 0 Å². The van der Waals surface area contributed by atoms with Crippen molar-refractivity contribution in [2.45, 2.75) is 6.92 Å². The van der Waals surface area contributed by atoms with Crippen LogP contribution in [-0.2, 0) is 0 Å². The van der Waals surface area contributed by atoms with E-state index >= 15 is 0 Å². The topological polar surface area (TPSA) is 58.6 Å². The molecule has 0 aromatic heterocycles. The Balaban J connectivity index is 2.21. The van der Waals surface area contributed by atoms with Gasteiger partial charge in [0.15, 0.2) is 11.6 Å². The number of rotatable bonds is 4. The summed E-state index contributed by atoms with van der Waals surface area (Å²) in [6.45, 7) is 2.27. The molecule has 2 aromatic carbocycles. The second-order valence-electron chi connectivity index (χ2n) is 4.05. The van der Waals surface area contributed by atoms with Gasteiger partial charge >= 0.3 is 0 Å². The number of anilines is 1. The maximum absolute atomic E-state index is 13.2. The Hall–Kier alpha value is -2.56. The van der Waals surface area contributed by atoms with Crippen LogP contribution in [0, 0.1) is 5.82 Å². The monoisotopic (exact) mass is 275 g/mol. The molecule has 5 heteroatoms. The Morgan fingerprint density at radius 1 is 1.30 bits per heavy atom. The molecule has 1 amide bonds. The fraction of sp³-hybridized carbons (Fsp3) is 0.133. The van der Waals surface area contributed by atoms with Gasteiger partial charge in [-0.05, 0) is 31.2 Å². The number of hydrogen-bond acceptors (Lipinski definition) is 3. The van der Waals surface area contributed by atoms with E-state index in [9.17, 15) is 9.18 Å². The zero-order chi connectivity index (χ0) is 14.5. The smallest absolute Gasteiger partial charge is 0.259 e. The molecule has 0 aliphatic rings. The van der Waals surface area contributed by atoms with E-state index in [1.54, 1.807) is 24.3 Å². The Morgan fingerprint density at radius 3 is 2.75 bits per heavy atom. The van der Waals surface area contributed by atoms with E-state index in [0.29, 0.717) is 17.9 Å². The highest BCUT2D eigenvalue weighted by Gasteiger charge is 2.12. The molecule has 2 aromatic rings. The fourth-order valence-corrected chi connectivity index (χ4v) is 1.72. The Morgan fingerprint density at radius 2 is 2.05 bits per heavy atom. The van der Waals surface area contributed by atoms with E-state index in [2.05, 4.69) is 5.32 Å². The van der Waals surface area contributed by atoms with Crippen molar-refractivity contribution in [3.05, 3.63) is 53.8 Å². The zero-order valence-electron chi connectivity index (χ0n) is 10.9. The largest absolute Gasteiger partial charge is 0.505 e. The van der Waals surface area contributed by atoms with Gasteiger partial charge in [-0.3, -0.25) is 4.79 Å². The SMILES string of the molecule is CCOc1ccccc1C(=O)Nc1ccc(O)c(F)c1. The normalized spacial score (nSPS) is 10.1. The Labute approximate surface area is 115 Å². The van der Waals surface area contributed by atoms with Gasteiger partial charge in [0.05, 0.1) is 12.2 Å². The molecule has 0 saturated heterocycles. The van der Waals surface area contributed by atoms with Gasteiger partial charge in [-0.15, -0.1) is 0 Å². The highest BCUT2D eigenvalue weighted by molar-refractivity contribution is 6.06. The van der Waals surface area contributed by atoms with Gasteiger partial charge in [0.25, 0.3) is 5.91 Å².